The van der Waals surface area contributed by atoms with Crippen molar-refractivity contribution in [2.45, 2.75) is 24.2 Å². The van der Waals surface area contributed by atoms with Crippen LogP contribution in [0.5, 0.6) is 0 Å². The number of hydrogen-bond donors (Lipinski definition) is 1. The van der Waals surface area contributed by atoms with Gasteiger partial charge in [-0.2, -0.15) is 0 Å². The number of rotatable bonds is 4. The Hall–Kier alpha value is -2.45. The lowest BCUT2D eigenvalue weighted by Gasteiger charge is -2.24. The summed E-state index contributed by atoms with van der Waals surface area (Å²) in [6.45, 7) is 0. The molecule has 1 aliphatic heterocycles. The van der Waals surface area contributed by atoms with Gasteiger partial charge in [-0.25, -0.2) is 12.8 Å². The molecule has 0 bridgehead atoms. The van der Waals surface area contributed by atoms with E-state index in [-0.39, 0.29) is 40.3 Å². The van der Waals surface area contributed by atoms with Crippen LogP contribution in [0.25, 0.3) is 0 Å². The second-order valence-electron chi connectivity index (χ2n) is 5.70. The zero-order valence-corrected chi connectivity index (χ0v) is 15.0. The number of carbonyl (C=O) groups excluding carboxylic acids is 2. The van der Waals surface area contributed by atoms with Crippen molar-refractivity contribution >= 4 is 44.8 Å². The fourth-order valence-corrected chi connectivity index (χ4v) is 3.82. The maximum Gasteiger partial charge on any atom is 0.261 e. The Kier molecular flexibility index (Phi) is 4.97. The van der Waals surface area contributed by atoms with Crippen molar-refractivity contribution in [2.75, 3.05) is 9.62 Å². The van der Waals surface area contributed by atoms with Crippen molar-refractivity contribution < 1.29 is 22.4 Å². The molecular formula is C17H14ClFN2O4S. The van der Waals surface area contributed by atoms with Gasteiger partial charge in [-0.1, -0.05) is 11.6 Å². The average molecular weight is 397 g/mol. The van der Waals surface area contributed by atoms with E-state index < -0.39 is 15.8 Å². The second kappa shape index (κ2) is 7.05. The molecule has 3 rings (SSSR count). The molecule has 0 radical (unpaired) electrons. The summed E-state index contributed by atoms with van der Waals surface area (Å²) in [7, 11) is -3.94. The highest BCUT2D eigenvalue weighted by Crippen LogP contribution is 2.25. The third-order valence-corrected chi connectivity index (χ3v) is 5.54. The Morgan fingerprint density at radius 1 is 1.00 bits per heavy atom. The van der Waals surface area contributed by atoms with Gasteiger partial charge in [0.2, 0.25) is 11.8 Å². The fraction of sp³-hybridized carbons (Fsp3) is 0.176. The van der Waals surface area contributed by atoms with E-state index in [0.29, 0.717) is 12.1 Å². The molecule has 0 aliphatic carbocycles. The van der Waals surface area contributed by atoms with Crippen molar-refractivity contribution in [1.82, 2.24) is 0 Å². The number of nitrogens with zero attached hydrogens (tertiary/aromatic N) is 1. The number of halogens is 2. The molecular weight excluding hydrogens is 383 g/mol. The molecule has 0 saturated carbocycles. The molecule has 0 atom stereocenters. The van der Waals surface area contributed by atoms with Crippen LogP contribution in [0.3, 0.4) is 0 Å². The number of carbonyl (C=O) groups is 2. The minimum atomic E-state index is -3.94. The first-order valence-corrected chi connectivity index (χ1v) is 9.58. The predicted octanol–water partition coefficient (Wildman–Crippen LogP) is 3.32. The molecule has 6 nitrogen and oxygen atoms in total. The minimum absolute atomic E-state index is 0.0707. The molecule has 2 aromatic rings. The van der Waals surface area contributed by atoms with Crippen molar-refractivity contribution in [2.24, 2.45) is 0 Å². The summed E-state index contributed by atoms with van der Waals surface area (Å²) in [5.41, 5.74) is 0.435. The van der Waals surface area contributed by atoms with Gasteiger partial charge in [0.1, 0.15) is 5.82 Å². The van der Waals surface area contributed by atoms with Crippen molar-refractivity contribution in [3.63, 3.8) is 0 Å². The van der Waals surface area contributed by atoms with E-state index in [0.717, 1.165) is 17.0 Å². The molecule has 0 aromatic heterocycles. The first-order valence-electron chi connectivity index (χ1n) is 7.72. The summed E-state index contributed by atoms with van der Waals surface area (Å²) in [4.78, 5) is 24.8. The van der Waals surface area contributed by atoms with Gasteiger partial charge in [0.15, 0.2) is 0 Å². The maximum absolute atomic E-state index is 13.2. The molecule has 1 aliphatic rings. The van der Waals surface area contributed by atoms with Crippen LogP contribution in [0.15, 0.2) is 47.4 Å². The number of benzene rings is 2. The molecule has 1 fully saturated rings. The Balaban J connectivity index is 1.83. The van der Waals surface area contributed by atoms with Gasteiger partial charge in [-0.15, -0.1) is 0 Å². The summed E-state index contributed by atoms with van der Waals surface area (Å²) in [6.07, 6.45) is 1.07. The number of imide groups is 1. The van der Waals surface area contributed by atoms with Crippen LogP contribution in [-0.2, 0) is 19.6 Å². The Morgan fingerprint density at radius 3 is 2.19 bits per heavy atom. The van der Waals surface area contributed by atoms with E-state index >= 15 is 0 Å². The quantitative estimate of drug-likeness (QED) is 0.803. The first-order chi connectivity index (χ1) is 12.3. The number of amides is 2. The van der Waals surface area contributed by atoms with Crippen LogP contribution < -0.4 is 9.62 Å². The van der Waals surface area contributed by atoms with Gasteiger partial charge in [0.05, 0.1) is 21.3 Å². The molecule has 2 aromatic carbocycles. The first kappa shape index (κ1) is 18.3. The molecule has 9 heteroatoms. The van der Waals surface area contributed by atoms with Crippen LogP contribution in [0.4, 0.5) is 15.8 Å². The summed E-state index contributed by atoms with van der Waals surface area (Å²) in [6, 6.07) is 8.83. The number of hydrogen-bond acceptors (Lipinski definition) is 4. The maximum atomic E-state index is 13.2. The van der Waals surface area contributed by atoms with Crippen LogP contribution in [0, 0.1) is 5.82 Å². The third-order valence-electron chi connectivity index (χ3n) is 3.86. The normalized spacial score (nSPS) is 15.2. The Morgan fingerprint density at radius 2 is 1.62 bits per heavy atom. The van der Waals surface area contributed by atoms with E-state index in [2.05, 4.69) is 4.72 Å². The molecule has 1 N–H and O–H groups in total. The van der Waals surface area contributed by atoms with E-state index in [1.165, 1.54) is 30.3 Å². The summed E-state index contributed by atoms with van der Waals surface area (Å²) in [5, 5.41) is -0.206. The molecule has 2 amide bonds. The van der Waals surface area contributed by atoms with Crippen molar-refractivity contribution in [3.05, 3.63) is 53.3 Å². The topological polar surface area (TPSA) is 83.6 Å². The van der Waals surface area contributed by atoms with Gasteiger partial charge in [0.25, 0.3) is 10.0 Å². The average Bonchev–Trinajstić information content (AvgIpc) is 2.58. The zero-order valence-electron chi connectivity index (χ0n) is 13.4. The third kappa shape index (κ3) is 3.71. The lowest BCUT2D eigenvalue weighted by atomic mass is 10.1. The molecule has 0 spiro atoms. The molecule has 0 unspecified atom stereocenters. The molecule has 1 saturated heterocycles. The monoisotopic (exact) mass is 396 g/mol. The van der Waals surface area contributed by atoms with Crippen LogP contribution in [-0.4, -0.2) is 20.2 Å². The van der Waals surface area contributed by atoms with Crippen LogP contribution in [0.1, 0.15) is 19.3 Å². The van der Waals surface area contributed by atoms with Crippen LogP contribution >= 0.6 is 11.6 Å². The number of anilines is 2. The van der Waals surface area contributed by atoms with Crippen molar-refractivity contribution in [3.8, 4) is 0 Å². The minimum Gasteiger partial charge on any atom is -0.280 e. The number of piperidine rings is 1. The lowest BCUT2D eigenvalue weighted by Crippen LogP contribution is -2.40. The van der Waals surface area contributed by atoms with E-state index in [9.17, 15) is 22.4 Å². The fourth-order valence-electron chi connectivity index (χ4n) is 2.59. The highest BCUT2D eigenvalue weighted by atomic mass is 35.5. The lowest BCUT2D eigenvalue weighted by molar-refractivity contribution is -0.129. The standard InChI is InChI=1S/C17H14ClFN2O4S/c18-14-10-11(4-9-15(14)19)20-26(24,25)13-7-5-12(6-8-13)21-16(22)2-1-3-17(21)23/h4-10,20H,1-3H2. The van der Waals surface area contributed by atoms with E-state index in [1.807, 2.05) is 0 Å². The van der Waals surface area contributed by atoms with E-state index in [4.69, 9.17) is 11.6 Å². The number of sulfonamides is 1. The van der Waals surface area contributed by atoms with Gasteiger partial charge in [0, 0.05) is 12.8 Å². The molecule has 26 heavy (non-hydrogen) atoms. The smallest absolute Gasteiger partial charge is 0.261 e. The largest absolute Gasteiger partial charge is 0.280 e. The summed E-state index contributed by atoms with van der Waals surface area (Å²) in [5.74, 6) is -1.28. The van der Waals surface area contributed by atoms with Gasteiger partial charge >= 0.3 is 0 Å². The second-order valence-corrected chi connectivity index (χ2v) is 7.79. The highest BCUT2D eigenvalue weighted by Gasteiger charge is 2.27. The zero-order chi connectivity index (χ0) is 18.9. The number of nitrogens with one attached hydrogen (secondary N) is 1. The molecule has 1 heterocycles. The summed E-state index contributed by atoms with van der Waals surface area (Å²) >= 11 is 5.64. The van der Waals surface area contributed by atoms with E-state index in [1.54, 1.807) is 0 Å². The summed E-state index contributed by atoms with van der Waals surface area (Å²) < 4.78 is 40.3. The highest BCUT2D eigenvalue weighted by molar-refractivity contribution is 7.92. The van der Waals surface area contributed by atoms with Gasteiger partial charge in [-0.3, -0.25) is 19.2 Å². The SMILES string of the molecule is O=C1CCCC(=O)N1c1ccc(S(=O)(=O)Nc2ccc(F)c(Cl)c2)cc1. The van der Waals surface area contributed by atoms with Gasteiger partial charge < -0.3 is 0 Å². The van der Waals surface area contributed by atoms with Gasteiger partial charge in [-0.05, 0) is 48.9 Å². The van der Waals surface area contributed by atoms with Crippen LogP contribution in [0.2, 0.25) is 5.02 Å². The van der Waals surface area contributed by atoms with Crippen molar-refractivity contribution in [1.29, 1.82) is 0 Å². The Bertz CT molecular complexity index is 961. The Labute approximate surface area is 154 Å². The predicted molar refractivity (Wildman–Crippen MR) is 95.0 cm³/mol. The molecule has 136 valence electrons.